The van der Waals surface area contributed by atoms with Crippen LogP contribution in [0.4, 0.5) is 13.2 Å². The van der Waals surface area contributed by atoms with Crippen LogP contribution in [0.2, 0.25) is 9.36 Å². The van der Waals surface area contributed by atoms with Gasteiger partial charge in [-0.2, -0.15) is 13.2 Å². The number of alkyl halides is 3. The third kappa shape index (κ3) is 5.66. The van der Waals surface area contributed by atoms with Gasteiger partial charge in [0.05, 0.1) is 9.90 Å². The zero-order valence-electron chi connectivity index (χ0n) is 11.5. The molecule has 0 aliphatic rings. The maximum Gasteiger partial charge on any atom is 0.422 e. The number of amides is 1. The van der Waals surface area contributed by atoms with E-state index in [1.807, 2.05) is 0 Å². The summed E-state index contributed by atoms with van der Waals surface area (Å²) >= 11 is 12.3. The zero-order valence-corrected chi connectivity index (χ0v) is 13.8. The van der Waals surface area contributed by atoms with Crippen molar-refractivity contribution in [3.8, 4) is 0 Å². The number of carbonyl (C=O) groups excluding carboxylic acids is 2. The smallest absolute Gasteiger partial charge is 0.422 e. The minimum absolute atomic E-state index is 0.143. The molecule has 0 unspecified atom stereocenters. The van der Waals surface area contributed by atoms with Crippen molar-refractivity contribution in [1.29, 1.82) is 0 Å². The Morgan fingerprint density at radius 3 is 2.36 bits per heavy atom. The Hall–Kier alpha value is -0.990. The minimum Gasteiger partial charge on any atom is -0.454 e. The highest BCUT2D eigenvalue weighted by molar-refractivity contribution is 7.18. The average molecular weight is 378 g/mol. The van der Waals surface area contributed by atoms with Crippen LogP contribution in [0, 0.1) is 5.92 Å². The van der Waals surface area contributed by atoms with E-state index in [2.05, 4.69) is 10.1 Å². The lowest BCUT2D eigenvalue weighted by Crippen LogP contribution is -2.45. The molecule has 0 fully saturated rings. The van der Waals surface area contributed by atoms with Crippen LogP contribution in [0.1, 0.15) is 23.5 Å². The SMILES string of the molecule is CC(C)[C@H](NC(=O)c1cc(Cl)c(Cl)s1)C(=O)OCC(F)(F)F. The van der Waals surface area contributed by atoms with E-state index in [1.54, 1.807) is 13.8 Å². The fourth-order valence-electron chi connectivity index (χ4n) is 1.41. The van der Waals surface area contributed by atoms with Gasteiger partial charge >= 0.3 is 12.1 Å². The number of hydrogen-bond acceptors (Lipinski definition) is 4. The van der Waals surface area contributed by atoms with Crippen LogP contribution in [-0.4, -0.2) is 30.7 Å². The Labute approximate surface area is 138 Å². The molecule has 10 heteroatoms. The predicted molar refractivity (Wildman–Crippen MR) is 77.4 cm³/mol. The first-order valence-electron chi connectivity index (χ1n) is 6.00. The predicted octanol–water partition coefficient (Wildman–Crippen LogP) is 3.91. The van der Waals surface area contributed by atoms with Gasteiger partial charge in [0.15, 0.2) is 6.61 Å². The van der Waals surface area contributed by atoms with Crippen LogP contribution in [-0.2, 0) is 9.53 Å². The summed E-state index contributed by atoms with van der Waals surface area (Å²) in [5.74, 6) is -2.29. The van der Waals surface area contributed by atoms with Gasteiger partial charge in [0, 0.05) is 0 Å². The van der Waals surface area contributed by atoms with Crippen molar-refractivity contribution in [2.24, 2.45) is 5.92 Å². The molecule has 4 nitrogen and oxygen atoms in total. The molecule has 1 amide bonds. The first-order valence-corrected chi connectivity index (χ1v) is 7.57. The van der Waals surface area contributed by atoms with Crippen LogP contribution < -0.4 is 5.32 Å². The maximum atomic E-state index is 12.1. The van der Waals surface area contributed by atoms with Crippen molar-refractivity contribution in [1.82, 2.24) is 5.32 Å². The summed E-state index contributed by atoms with van der Waals surface area (Å²) in [6, 6.07) is 0.0944. The molecule has 1 rings (SSSR count). The molecule has 0 aliphatic heterocycles. The number of nitrogens with one attached hydrogen (secondary N) is 1. The van der Waals surface area contributed by atoms with Crippen LogP contribution in [0.5, 0.6) is 0 Å². The van der Waals surface area contributed by atoms with Crippen LogP contribution in [0.15, 0.2) is 6.07 Å². The molecule has 1 aromatic rings. The molecule has 0 saturated carbocycles. The van der Waals surface area contributed by atoms with E-state index in [1.165, 1.54) is 6.07 Å². The summed E-state index contributed by atoms with van der Waals surface area (Å²) in [6.45, 7) is 1.42. The molecular formula is C12H12Cl2F3NO3S. The Morgan fingerprint density at radius 2 is 1.95 bits per heavy atom. The summed E-state index contributed by atoms with van der Waals surface area (Å²) in [5, 5.41) is 2.50. The molecule has 1 atom stereocenters. The average Bonchev–Trinajstić information content (AvgIpc) is 2.72. The number of hydrogen-bond donors (Lipinski definition) is 1. The van der Waals surface area contributed by atoms with E-state index in [4.69, 9.17) is 23.2 Å². The number of carbonyl (C=O) groups is 2. The lowest BCUT2D eigenvalue weighted by Gasteiger charge is -2.20. The molecule has 0 radical (unpaired) electrons. The fraction of sp³-hybridized carbons (Fsp3) is 0.500. The zero-order chi connectivity index (χ0) is 17.1. The van der Waals surface area contributed by atoms with Crippen molar-refractivity contribution in [3.05, 3.63) is 20.3 Å². The highest BCUT2D eigenvalue weighted by Crippen LogP contribution is 2.31. The van der Waals surface area contributed by atoms with Gasteiger partial charge in [0.25, 0.3) is 5.91 Å². The van der Waals surface area contributed by atoms with Crippen LogP contribution >= 0.6 is 34.5 Å². The highest BCUT2D eigenvalue weighted by atomic mass is 35.5. The van der Waals surface area contributed by atoms with Crippen molar-refractivity contribution >= 4 is 46.4 Å². The topological polar surface area (TPSA) is 55.4 Å². The fourth-order valence-corrected chi connectivity index (χ4v) is 2.68. The van der Waals surface area contributed by atoms with Gasteiger partial charge < -0.3 is 10.1 Å². The van der Waals surface area contributed by atoms with Gasteiger partial charge in [0.2, 0.25) is 0 Å². The molecule has 22 heavy (non-hydrogen) atoms. The molecule has 1 aromatic heterocycles. The summed E-state index contributed by atoms with van der Waals surface area (Å²) in [5.41, 5.74) is 0. The van der Waals surface area contributed by atoms with E-state index in [0.29, 0.717) is 0 Å². The molecule has 0 aromatic carbocycles. The lowest BCUT2D eigenvalue weighted by atomic mass is 10.0. The van der Waals surface area contributed by atoms with Gasteiger partial charge in [-0.25, -0.2) is 4.79 Å². The van der Waals surface area contributed by atoms with Crippen molar-refractivity contribution < 1.29 is 27.5 Å². The molecule has 0 aliphatic carbocycles. The van der Waals surface area contributed by atoms with Gasteiger partial charge in [-0.15, -0.1) is 11.3 Å². The molecule has 0 bridgehead atoms. The number of halogens is 5. The Kier molecular flexibility index (Phi) is 6.51. The number of rotatable bonds is 5. The second-order valence-corrected chi connectivity index (χ2v) is 6.71. The summed E-state index contributed by atoms with van der Waals surface area (Å²) in [4.78, 5) is 23.8. The van der Waals surface area contributed by atoms with E-state index in [0.717, 1.165) is 11.3 Å². The van der Waals surface area contributed by atoms with Crippen molar-refractivity contribution in [2.45, 2.75) is 26.1 Å². The van der Waals surface area contributed by atoms with E-state index < -0.39 is 36.6 Å². The van der Waals surface area contributed by atoms with Gasteiger partial charge in [0.1, 0.15) is 10.4 Å². The molecule has 1 heterocycles. The Bertz CT molecular complexity index is 541. The Balaban J connectivity index is 2.75. The first-order chi connectivity index (χ1) is 10.0. The molecule has 124 valence electrons. The molecular weight excluding hydrogens is 366 g/mol. The lowest BCUT2D eigenvalue weighted by molar-refractivity contribution is -0.188. The standard InChI is InChI=1S/C12H12Cl2F3NO3S/c1-5(2)8(11(20)21-4-12(15,16)17)18-10(19)7-3-6(13)9(14)22-7/h3,5,8H,4H2,1-2H3,(H,18,19)/t8-/m0/s1. The third-order valence-corrected chi connectivity index (χ3v) is 4.32. The quantitative estimate of drug-likeness (QED) is 0.791. The number of thiophene rings is 1. The van der Waals surface area contributed by atoms with Gasteiger partial charge in [-0.05, 0) is 12.0 Å². The Morgan fingerprint density at radius 1 is 1.36 bits per heavy atom. The maximum absolute atomic E-state index is 12.1. The third-order valence-electron chi connectivity index (χ3n) is 2.45. The van der Waals surface area contributed by atoms with Gasteiger partial charge in [-0.3, -0.25) is 4.79 Å². The monoisotopic (exact) mass is 377 g/mol. The summed E-state index contributed by atoms with van der Waals surface area (Å²) < 4.78 is 40.6. The number of esters is 1. The second kappa shape index (κ2) is 7.52. The van der Waals surface area contributed by atoms with Crippen molar-refractivity contribution in [3.63, 3.8) is 0 Å². The minimum atomic E-state index is -4.63. The molecule has 1 N–H and O–H groups in total. The number of ether oxygens (including phenoxy) is 1. The largest absolute Gasteiger partial charge is 0.454 e. The summed E-state index contributed by atoms with van der Waals surface area (Å²) in [7, 11) is 0. The molecule has 0 spiro atoms. The van der Waals surface area contributed by atoms with Crippen LogP contribution in [0.3, 0.4) is 0 Å². The normalized spacial score (nSPS) is 13.1. The first kappa shape index (κ1) is 19.1. The van der Waals surface area contributed by atoms with E-state index >= 15 is 0 Å². The highest BCUT2D eigenvalue weighted by Gasteiger charge is 2.33. The van der Waals surface area contributed by atoms with Gasteiger partial charge in [-0.1, -0.05) is 37.0 Å². The summed E-state index contributed by atoms with van der Waals surface area (Å²) in [6.07, 6.45) is -4.63. The second-order valence-electron chi connectivity index (χ2n) is 4.65. The van der Waals surface area contributed by atoms with E-state index in [9.17, 15) is 22.8 Å². The van der Waals surface area contributed by atoms with Crippen molar-refractivity contribution in [2.75, 3.05) is 6.61 Å². The van der Waals surface area contributed by atoms with Crippen LogP contribution in [0.25, 0.3) is 0 Å². The van der Waals surface area contributed by atoms with E-state index in [-0.39, 0.29) is 14.2 Å². The molecule has 0 saturated heterocycles.